The van der Waals surface area contributed by atoms with E-state index in [1.165, 1.54) is 19.3 Å². The van der Waals surface area contributed by atoms with Gasteiger partial charge in [0.05, 0.1) is 24.4 Å². The van der Waals surface area contributed by atoms with E-state index < -0.39 is 0 Å². The molecule has 3 fully saturated rings. The highest BCUT2D eigenvalue weighted by atomic mass is 16.5. The molecule has 3 saturated heterocycles. The van der Waals surface area contributed by atoms with Gasteiger partial charge in [-0.25, -0.2) is 0 Å². The summed E-state index contributed by atoms with van der Waals surface area (Å²) in [5.41, 5.74) is 0. The van der Waals surface area contributed by atoms with Gasteiger partial charge in [-0.05, 0) is 32.1 Å². The van der Waals surface area contributed by atoms with Crippen LogP contribution in [0.4, 0.5) is 0 Å². The van der Waals surface area contributed by atoms with E-state index in [0.29, 0.717) is 24.4 Å². The second-order valence-electron chi connectivity index (χ2n) is 5.45. The van der Waals surface area contributed by atoms with Crippen LogP contribution in [0.3, 0.4) is 0 Å². The molecule has 0 aliphatic carbocycles. The van der Waals surface area contributed by atoms with Gasteiger partial charge in [0, 0.05) is 20.2 Å². The normalized spacial score (nSPS) is 39.3. The number of nitrogens with zero attached hydrogens (tertiary/aromatic N) is 1. The van der Waals surface area contributed by atoms with Crippen molar-refractivity contribution in [2.45, 2.75) is 56.5 Å². The molecular formula is C13H23N3O2. The van der Waals surface area contributed by atoms with Crippen LogP contribution in [0.25, 0.3) is 0 Å². The lowest BCUT2D eigenvalue weighted by atomic mass is 9.96. The number of rotatable bonds is 3. The highest BCUT2D eigenvalue weighted by Crippen LogP contribution is 2.34. The van der Waals surface area contributed by atoms with Gasteiger partial charge in [0.25, 0.3) is 0 Å². The lowest BCUT2D eigenvalue weighted by Crippen LogP contribution is -2.48. The fourth-order valence-corrected chi connectivity index (χ4v) is 3.18. The molecule has 3 aliphatic heterocycles. The first-order valence-corrected chi connectivity index (χ1v) is 7.09. The Balaban J connectivity index is 1.44. The molecule has 0 aromatic carbocycles. The summed E-state index contributed by atoms with van der Waals surface area (Å²) in [6.45, 7) is 1.75. The van der Waals surface area contributed by atoms with Crippen LogP contribution >= 0.6 is 0 Å². The van der Waals surface area contributed by atoms with Crippen LogP contribution in [-0.2, 0) is 9.47 Å². The van der Waals surface area contributed by atoms with Crippen molar-refractivity contribution in [3.05, 3.63) is 0 Å². The van der Waals surface area contributed by atoms with Crippen LogP contribution in [0.5, 0.6) is 0 Å². The van der Waals surface area contributed by atoms with E-state index in [9.17, 15) is 0 Å². The number of aliphatic imine (C=N–C) groups is 1. The lowest BCUT2D eigenvalue weighted by molar-refractivity contribution is 0.0990. The van der Waals surface area contributed by atoms with E-state index in [4.69, 9.17) is 9.47 Å². The van der Waals surface area contributed by atoms with Gasteiger partial charge in [-0.2, -0.15) is 0 Å². The molecule has 4 atom stereocenters. The number of hydrogen-bond donors (Lipinski definition) is 2. The monoisotopic (exact) mass is 253 g/mol. The maximum atomic E-state index is 5.84. The van der Waals surface area contributed by atoms with Gasteiger partial charge in [0.2, 0.25) is 0 Å². The highest BCUT2D eigenvalue weighted by molar-refractivity contribution is 5.80. The molecule has 0 aromatic rings. The summed E-state index contributed by atoms with van der Waals surface area (Å²) in [5, 5.41) is 6.84. The van der Waals surface area contributed by atoms with E-state index in [-0.39, 0.29) is 0 Å². The molecule has 102 valence electrons. The van der Waals surface area contributed by atoms with Gasteiger partial charge in [0.15, 0.2) is 5.96 Å². The third kappa shape index (κ3) is 2.62. The molecule has 18 heavy (non-hydrogen) atoms. The zero-order valence-electron chi connectivity index (χ0n) is 11.0. The summed E-state index contributed by atoms with van der Waals surface area (Å²) in [6.07, 6.45) is 7.07. The van der Waals surface area contributed by atoms with Crippen LogP contribution in [0.15, 0.2) is 4.99 Å². The summed E-state index contributed by atoms with van der Waals surface area (Å²) >= 11 is 0. The minimum atomic E-state index is 0.347. The summed E-state index contributed by atoms with van der Waals surface area (Å²) in [5.74, 6) is 0.881. The van der Waals surface area contributed by atoms with Gasteiger partial charge in [0.1, 0.15) is 0 Å². The number of ether oxygens (including phenoxy) is 2. The Morgan fingerprint density at radius 3 is 2.89 bits per heavy atom. The largest absolute Gasteiger partial charge is 0.376 e. The van der Waals surface area contributed by atoms with Crippen molar-refractivity contribution >= 4 is 5.96 Å². The molecule has 4 unspecified atom stereocenters. The lowest BCUT2D eigenvalue weighted by Gasteiger charge is -2.23. The van der Waals surface area contributed by atoms with E-state index in [0.717, 1.165) is 32.0 Å². The summed E-state index contributed by atoms with van der Waals surface area (Å²) in [6, 6.07) is 0.430. The molecular weight excluding hydrogens is 230 g/mol. The Morgan fingerprint density at radius 1 is 1.33 bits per heavy atom. The molecule has 2 N–H and O–H groups in total. The van der Waals surface area contributed by atoms with E-state index in [1.807, 2.05) is 7.05 Å². The third-order valence-electron chi connectivity index (χ3n) is 4.17. The van der Waals surface area contributed by atoms with Crippen LogP contribution in [-0.4, -0.2) is 50.5 Å². The number of guanidine groups is 1. The Morgan fingerprint density at radius 2 is 2.28 bits per heavy atom. The summed E-state index contributed by atoms with van der Waals surface area (Å²) < 4.78 is 11.4. The average Bonchev–Trinajstić information content (AvgIpc) is 3.10. The smallest absolute Gasteiger partial charge is 0.191 e. The summed E-state index contributed by atoms with van der Waals surface area (Å²) in [4.78, 5) is 4.28. The number of fused-ring (bicyclic) bond motifs is 2. The Kier molecular flexibility index (Phi) is 3.70. The van der Waals surface area contributed by atoms with Crippen LogP contribution in [0, 0.1) is 0 Å². The van der Waals surface area contributed by atoms with Crippen LogP contribution in [0.2, 0.25) is 0 Å². The van der Waals surface area contributed by atoms with Gasteiger partial charge in [-0.3, -0.25) is 4.99 Å². The Labute approximate surface area is 108 Å². The minimum absolute atomic E-state index is 0.347. The standard InChI is InChI=1S/C13H23N3O2/c1-14-13(15-8-10-3-2-6-17-10)16-11-7-9-4-5-12(11)18-9/h9-12H,2-8H2,1H3,(H2,14,15,16). The highest BCUT2D eigenvalue weighted by Gasteiger charge is 2.41. The van der Waals surface area contributed by atoms with Crippen molar-refractivity contribution in [3.63, 3.8) is 0 Å². The molecule has 5 heteroatoms. The topological polar surface area (TPSA) is 54.9 Å². The van der Waals surface area contributed by atoms with Crippen molar-refractivity contribution in [2.75, 3.05) is 20.2 Å². The van der Waals surface area contributed by atoms with E-state index in [1.54, 1.807) is 0 Å². The molecule has 0 amide bonds. The zero-order valence-corrected chi connectivity index (χ0v) is 11.0. The molecule has 0 spiro atoms. The van der Waals surface area contributed by atoms with Crippen molar-refractivity contribution in [1.82, 2.24) is 10.6 Å². The van der Waals surface area contributed by atoms with E-state index >= 15 is 0 Å². The third-order valence-corrected chi connectivity index (χ3v) is 4.17. The van der Waals surface area contributed by atoms with Crippen molar-refractivity contribution in [1.29, 1.82) is 0 Å². The first kappa shape index (κ1) is 12.2. The molecule has 3 rings (SSSR count). The first-order valence-electron chi connectivity index (χ1n) is 7.09. The first-order chi connectivity index (χ1) is 8.85. The van der Waals surface area contributed by atoms with Gasteiger partial charge < -0.3 is 20.1 Å². The molecule has 3 heterocycles. The second kappa shape index (κ2) is 5.45. The molecule has 2 bridgehead atoms. The molecule has 0 saturated carbocycles. The maximum absolute atomic E-state index is 5.84. The fraction of sp³-hybridized carbons (Fsp3) is 0.923. The Bertz CT molecular complexity index is 315. The molecule has 0 aromatic heterocycles. The minimum Gasteiger partial charge on any atom is -0.376 e. The van der Waals surface area contributed by atoms with Crippen LogP contribution < -0.4 is 10.6 Å². The predicted molar refractivity (Wildman–Crippen MR) is 69.8 cm³/mol. The van der Waals surface area contributed by atoms with Crippen molar-refractivity contribution in [3.8, 4) is 0 Å². The number of hydrogen-bond acceptors (Lipinski definition) is 3. The summed E-state index contributed by atoms with van der Waals surface area (Å²) in [7, 11) is 1.82. The quantitative estimate of drug-likeness (QED) is 0.573. The maximum Gasteiger partial charge on any atom is 0.191 e. The molecule has 3 aliphatic rings. The van der Waals surface area contributed by atoms with Gasteiger partial charge in [-0.15, -0.1) is 0 Å². The SMILES string of the molecule is CN=C(NCC1CCCO1)NC1CC2CCC1O2. The number of nitrogens with one attached hydrogen (secondary N) is 2. The fourth-order valence-electron chi connectivity index (χ4n) is 3.18. The van der Waals surface area contributed by atoms with Gasteiger partial charge in [-0.1, -0.05) is 0 Å². The second-order valence-corrected chi connectivity index (χ2v) is 5.45. The Hall–Kier alpha value is -0.810. The van der Waals surface area contributed by atoms with Crippen LogP contribution in [0.1, 0.15) is 32.1 Å². The van der Waals surface area contributed by atoms with Crippen molar-refractivity contribution < 1.29 is 9.47 Å². The predicted octanol–water partition coefficient (Wildman–Crippen LogP) is 0.650. The van der Waals surface area contributed by atoms with Gasteiger partial charge >= 0.3 is 0 Å². The molecule has 0 radical (unpaired) electrons. The average molecular weight is 253 g/mol. The molecule has 5 nitrogen and oxygen atoms in total. The van der Waals surface area contributed by atoms with Crippen molar-refractivity contribution in [2.24, 2.45) is 4.99 Å². The zero-order chi connectivity index (χ0) is 12.4. The van der Waals surface area contributed by atoms with E-state index in [2.05, 4.69) is 15.6 Å².